The summed E-state index contributed by atoms with van der Waals surface area (Å²) in [6, 6.07) is 8.05. The summed E-state index contributed by atoms with van der Waals surface area (Å²) in [5.74, 6) is 0.571. The van der Waals surface area contributed by atoms with E-state index in [0.717, 1.165) is 29.9 Å². The first-order valence-electron chi connectivity index (χ1n) is 6.98. The molecule has 1 unspecified atom stereocenters. The Labute approximate surface area is 115 Å². The molecule has 1 aliphatic rings. The van der Waals surface area contributed by atoms with Crippen LogP contribution in [0.25, 0.3) is 0 Å². The van der Waals surface area contributed by atoms with E-state index >= 15 is 0 Å². The minimum atomic E-state index is -0.677. The van der Waals surface area contributed by atoms with Crippen molar-refractivity contribution in [2.45, 2.75) is 38.0 Å². The molecule has 0 bridgehead atoms. The number of benzene rings is 1. The van der Waals surface area contributed by atoms with Crippen LogP contribution in [0.1, 0.15) is 36.8 Å². The van der Waals surface area contributed by atoms with Gasteiger partial charge >= 0.3 is 5.97 Å². The molecule has 2 rings (SSSR count). The van der Waals surface area contributed by atoms with Crippen LogP contribution in [0, 0.1) is 12.8 Å². The van der Waals surface area contributed by atoms with Crippen LogP contribution in [0.15, 0.2) is 24.3 Å². The third kappa shape index (κ3) is 2.98. The highest BCUT2D eigenvalue weighted by Crippen LogP contribution is 2.39. The molecule has 0 aliphatic heterocycles. The molecular formula is C16H23NO2. The molecule has 1 atom stereocenters. The van der Waals surface area contributed by atoms with Crippen LogP contribution in [0.3, 0.4) is 0 Å². The van der Waals surface area contributed by atoms with Gasteiger partial charge in [0.15, 0.2) is 0 Å². The number of hydrogen-bond donors (Lipinski definition) is 1. The first-order chi connectivity index (χ1) is 9.12. The van der Waals surface area contributed by atoms with Crippen LogP contribution in [0.5, 0.6) is 0 Å². The predicted molar refractivity (Wildman–Crippen MR) is 75.9 cm³/mol. The van der Waals surface area contributed by atoms with Gasteiger partial charge in [0.2, 0.25) is 0 Å². The molecule has 3 nitrogen and oxygen atoms in total. The normalized spacial score (nSPS) is 17.8. The second-order valence-electron chi connectivity index (χ2n) is 5.63. The Morgan fingerprint density at radius 3 is 2.74 bits per heavy atom. The Kier molecular flexibility index (Phi) is 4.25. The van der Waals surface area contributed by atoms with Crippen LogP contribution < -0.4 is 5.73 Å². The average Bonchev–Trinajstić information content (AvgIpc) is 3.24. The fourth-order valence-electron chi connectivity index (χ4n) is 2.66. The Bertz CT molecular complexity index is 454. The molecular weight excluding hydrogens is 238 g/mol. The van der Waals surface area contributed by atoms with Crippen LogP contribution >= 0.6 is 0 Å². The van der Waals surface area contributed by atoms with E-state index in [1.165, 1.54) is 20.0 Å². The molecule has 1 aromatic carbocycles. The number of nitrogens with two attached hydrogens (primary N) is 1. The van der Waals surface area contributed by atoms with E-state index in [4.69, 9.17) is 10.5 Å². The summed E-state index contributed by atoms with van der Waals surface area (Å²) in [4.78, 5) is 12.3. The molecule has 0 spiro atoms. The third-order valence-corrected chi connectivity index (χ3v) is 4.17. The Balaban J connectivity index is 2.32. The molecule has 3 heteroatoms. The zero-order valence-electron chi connectivity index (χ0n) is 11.8. The maximum atomic E-state index is 12.3. The minimum absolute atomic E-state index is 0.207. The van der Waals surface area contributed by atoms with Crippen molar-refractivity contribution < 1.29 is 9.53 Å². The maximum absolute atomic E-state index is 12.3. The van der Waals surface area contributed by atoms with Crippen molar-refractivity contribution in [2.75, 3.05) is 13.7 Å². The van der Waals surface area contributed by atoms with Gasteiger partial charge in [0.1, 0.15) is 5.41 Å². The largest absolute Gasteiger partial charge is 0.468 e. The summed E-state index contributed by atoms with van der Waals surface area (Å²) in [6.07, 6.45) is 4.41. The SMILES string of the molecule is COC(=O)C(CN)(CCC1CC1)c1cccc(C)c1. The first-order valence-corrected chi connectivity index (χ1v) is 6.98. The molecule has 2 N–H and O–H groups in total. The summed E-state index contributed by atoms with van der Waals surface area (Å²) in [5.41, 5.74) is 7.43. The standard InChI is InChI=1S/C16H23NO2/c1-12-4-3-5-14(10-12)16(11-17,15(18)19-2)9-8-13-6-7-13/h3-5,10,13H,6-9,11,17H2,1-2H3. The molecule has 0 saturated heterocycles. The zero-order chi connectivity index (χ0) is 13.9. The molecule has 0 radical (unpaired) electrons. The number of rotatable bonds is 6. The molecule has 1 saturated carbocycles. The summed E-state index contributed by atoms with van der Waals surface area (Å²) >= 11 is 0. The van der Waals surface area contributed by atoms with Crippen LogP contribution in [-0.4, -0.2) is 19.6 Å². The lowest BCUT2D eigenvalue weighted by molar-refractivity contribution is -0.147. The average molecular weight is 261 g/mol. The van der Waals surface area contributed by atoms with Crippen LogP contribution in [-0.2, 0) is 14.9 Å². The second-order valence-corrected chi connectivity index (χ2v) is 5.63. The van der Waals surface area contributed by atoms with Crippen molar-refractivity contribution in [3.63, 3.8) is 0 Å². The Morgan fingerprint density at radius 1 is 1.47 bits per heavy atom. The second kappa shape index (κ2) is 5.74. The monoisotopic (exact) mass is 261 g/mol. The molecule has 1 fully saturated rings. The van der Waals surface area contributed by atoms with E-state index in [0.29, 0.717) is 6.54 Å². The molecule has 104 valence electrons. The van der Waals surface area contributed by atoms with E-state index in [1.54, 1.807) is 0 Å². The number of esters is 1. The van der Waals surface area contributed by atoms with E-state index in [1.807, 2.05) is 25.1 Å². The van der Waals surface area contributed by atoms with Gasteiger partial charge in [-0.1, -0.05) is 42.7 Å². The lowest BCUT2D eigenvalue weighted by Crippen LogP contribution is -2.44. The molecule has 0 aromatic heterocycles. The number of ether oxygens (including phenoxy) is 1. The topological polar surface area (TPSA) is 52.3 Å². The smallest absolute Gasteiger partial charge is 0.317 e. The third-order valence-electron chi connectivity index (χ3n) is 4.17. The highest BCUT2D eigenvalue weighted by atomic mass is 16.5. The number of carbonyl (C=O) groups is 1. The molecule has 0 heterocycles. The van der Waals surface area contributed by atoms with Gasteiger partial charge in [0.05, 0.1) is 7.11 Å². The van der Waals surface area contributed by atoms with E-state index in [-0.39, 0.29) is 5.97 Å². The minimum Gasteiger partial charge on any atom is -0.468 e. The lowest BCUT2D eigenvalue weighted by atomic mass is 9.75. The van der Waals surface area contributed by atoms with Gasteiger partial charge < -0.3 is 10.5 Å². The molecule has 1 aliphatic carbocycles. The van der Waals surface area contributed by atoms with Crippen molar-refractivity contribution in [2.24, 2.45) is 11.7 Å². The Hall–Kier alpha value is -1.35. The number of hydrogen-bond acceptors (Lipinski definition) is 3. The van der Waals surface area contributed by atoms with Crippen molar-refractivity contribution >= 4 is 5.97 Å². The Morgan fingerprint density at radius 2 is 2.21 bits per heavy atom. The van der Waals surface area contributed by atoms with Gasteiger partial charge in [-0.15, -0.1) is 0 Å². The lowest BCUT2D eigenvalue weighted by Gasteiger charge is -2.30. The number of aryl methyl sites for hydroxylation is 1. The van der Waals surface area contributed by atoms with Crippen molar-refractivity contribution in [1.29, 1.82) is 0 Å². The fourth-order valence-corrected chi connectivity index (χ4v) is 2.66. The zero-order valence-corrected chi connectivity index (χ0v) is 11.8. The van der Waals surface area contributed by atoms with E-state index in [2.05, 4.69) is 6.07 Å². The number of carbonyl (C=O) groups excluding carboxylic acids is 1. The summed E-state index contributed by atoms with van der Waals surface area (Å²) in [6.45, 7) is 2.33. The van der Waals surface area contributed by atoms with Crippen molar-refractivity contribution in [1.82, 2.24) is 0 Å². The van der Waals surface area contributed by atoms with Crippen molar-refractivity contribution in [3.8, 4) is 0 Å². The van der Waals surface area contributed by atoms with Gasteiger partial charge in [0.25, 0.3) is 0 Å². The van der Waals surface area contributed by atoms with Gasteiger partial charge in [-0.05, 0) is 31.2 Å². The van der Waals surface area contributed by atoms with Gasteiger partial charge in [0, 0.05) is 6.54 Å². The maximum Gasteiger partial charge on any atom is 0.317 e. The fraction of sp³-hybridized carbons (Fsp3) is 0.562. The van der Waals surface area contributed by atoms with Gasteiger partial charge in [-0.3, -0.25) is 4.79 Å². The van der Waals surface area contributed by atoms with Gasteiger partial charge in [-0.25, -0.2) is 0 Å². The quantitative estimate of drug-likeness (QED) is 0.801. The predicted octanol–water partition coefficient (Wildman–Crippen LogP) is 2.55. The van der Waals surface area contributed by atoms with Crippen molar-refractivity contribution in [3.05, 3.63) is 35.4 Å². The molecule has 19 heavy (non-hydrogen) atoms. The molecule has 1 aromatic rings. The summed E-state index contributed by atoms with van der Waals surface area (Å²) < 4.78 is 5.03. The summed E-state index contributed by atoms with van der Waals surface area (Å²) in [5, 5.41) is 0. The highest BCUT2D eigenvalue weighted by Gasteiger charge is 2.41. The highest BCUT2D eigenvalue weighted by molar-refractivity contribution is 5.83. The number of methoxy groups -OCH3 is 1. The molecule has 0 amide bonds. The van der Waals surface area contributed by atoms with Gasteiger partial charge in [-0.2, -0.15) is 0 Å². The van der Waals surface area contributed by atoms with E-state index in [9.17, 15) is 4.79 Å². The van der Waals surface area contributed by atoms with E-state index < -0.39 is 5.41 Å². The summed E-state index contributed by atoms with van der Waals surface area (Å²) in [7, 11) is 1.44. The van der Waals surface area contributed by atoms with Crippen LogP contribution in [0.4, 0.5) is 0 Å². The van der Waals surface area contributed by atoms with Crippen LogP contribution in [0.2, 0.25) is 0 Å². The first kappa shape index (κ1) is 14.1.